The number of nitrogens with one attached hydrogen (secondary N) is 1. The van der Waals surface area contributed by atoms with Crippen LogP contribution >= 0.6 is 0 Å². The monoisotopic (exact) mass is 383 g/mol. The number of alkyl halides is 2. The summed E-state index contributed by atoms with van der Waals surface area (Å²) < 4.78 is 53.1. The molecule has 5 nitrogen and oxygen atoms in total. The average Bonchev–Trinajstić information content (AvgIpc) is 2.59. The molecular formula is C18H19F2NO4S. The molecule has 0 saturated carbocycles. The Kier molecular flexibility index (Phi) is 6.68. The lowest BCUT2D eigenvalue weighted by Gasteiger charge is -2.08. The van der Waals surface area contributed by atoms with Gasteiger partial charge in [0.1, 0.15) is 5.75 Å². The first-order chi connectivity index (χ1) is 12.3. The molecule has 2 rings (SSSR count). The van der Waals surface area contributed by atoms with Crippen LogP contribution in [0.4, 0.5) is 14.5 Å². The number of sulfone groups is 1. The zero-order chi connectivity index (χ0) is 19.2. The van der Waals surface area contributed by atoms with Crippen LogP contribution in [0.3, 0.4) is 0 Å². The number of benzene rings is 2. The molecule has 0 saturated heterocycles. The highest BCUT2D eigenvalue weighted by Crippen LogP contribution is 2.20. The summed E-state index contributed by atoms with van der Waals surface area (Å²) in [6.45, 7) is 2.33. The number of hydrogen-bond acceptors (Lipinski definition) is 4. The second-order valence-corrected chi connectivity index (χ2v) is 7.56. The molecule has 0 spiro atoms. The topological polar surface area (TPSA) is 72.5 Å². The quantitative estimate of drug-likeness (QED) is 0.704. The Bertz CT molecular complexity index is 852. The highest BCUT2D eigenvalue weighted by molar-refractivity contribution is 7.91. The number of anilines is 1. The maximum atomic E-state index is 12.5. The summed E-state index contributed by atoms with van der Waals surface area (Å²) in [5, 5.41) is 2.58. The molecule has 0 aromatic heterocycles. The number of rotatable bonds is 8. The fourth-order valence-corrected chi connectivity index (χ4v) is 2.90. The Labute approximate surface area is 150 Å². The minimum absolute atomic E-state index is 0.211. The van der Waals surface area contributed by atoms with E-state index >= 15 is 0 Å². The van der Waals surface area contributed by atoms with E-state index in [0.29, 0.717) is 18.7 Å². The number of ether oxygens (including phenoxy) is 1. The van der Waals surface area contributed by atoms with Crippen LogP contribution in [0.5, 0.6) is 5.75 Å². The molecule has 0 aliphatic heterocycles. The van der Waals surface area contributed by atoms with Gasteiger partial charge >= 0.3 is 5.76 Å². The van der Waals surface area contributed by atoms with Crippen LogP contribution in [0.15, 0.2) is 53.4 Å². The predicted octanol–water partition coefficient (Wildman–Crippen LogP) is 3.79. The van der Waals surface area contributed by atoms with Gasteiger partial charge in [0.2, 0.25) is 15.7 Å². The SMILES string of the molecule is Cc1cccc(OCCCC(=O)Nc2ccc(S(=O)(=O)C(F)F)cc2)c1. The Hall–Kier alpha value is -2.48. The van der Waals surface area contributed by atoms with Crippen molar-refractivity contribution in [2.24, 2.45) is 0 Å². The van der Waals surface area contributed by atoms with E-state index < -0.39 is 20.5 Å². The standard InChI is InChI=1S/C18H19F2NO4S/c1-13-4-2-5-15(12-13)25-11-3-6-17(22)21-14-7-9-16(10-8-14)26(23,24)18(19)20/h2,4-5,7-10,12,18H,3,6,11H2,1H3,(H,21,22). The second kappa shape index (κ2) is 8.75. The van der Waals surface area contributed by atoms with Gasteiger partial charge in [-0.2, -0.15) is 8.78 Å². The molecule has 8 heteroatoms. The smallest absolute Gasteiger partial charge is 0.341 e. The van der Waals surface area contributed by atoms with Crippen LogP contribution in [0.2, 0.25) is 0 Å². The minimum Gasteiger partial charge on any atom is -0.494 e. The molecule has 140 valence electrons. The first-order valence-electron chi connectivity index (χ1n) is 7.90. The summed E-state index contributed by atoms with van der Waals surface area (Å²) in [6.07, 6.45) is 0.709. The Morgan fingerprint density at radius 3 is 2.46 bits per heavy atom. The fourth-order valence-electron chi connectivity index (χ4n) is 2.18. The van der Waals surface area contributed by atoms with E-state index in [9.17, 15) is 22.0 Å². The molecule has 0 unspecified atom stereocenters. The fraction of sp³-hybridized carbons (Fsp3) is 0.278. The number of carbonyl (C=O) groups excluding carboxylic acids is 1. The lowest BCUT2D eigenvalue weighted by molar-refractivity contribution is -0.116. The van der Waals surface area contributed by atoms with Gasteiger partial charge in [-0.1, -0.05) is 12.1 Å². The van der Waals surface area contributed by atoms with Crippen molar-refractivity contribution in [3.8, 4) is 5.75 Å². The molecule has 0 atom stereocenters. The van der Waals surface area contributed by atoms with Crippen molar-refractivity contribution in [3.63, 3.8) is 0 Å². The lowest BCUT2D eigenvalue weighted by Crippen LogP contribution is -2.14. The summed E-state index contributed by atoms with van der Waals surface area (Å²) >= 11 is 0. The summed E-state index contributed by atoms with van der Waals surface area (Å²) in [7, 11) is -4.63. The average molecular weight is 383 g/mol. The zero-order valence-corrected chi connectivity index (χ0v) is 14.9. The first kappa shape index (κ1) is 19.8. The second-order valence-electron chi connectivity index (χ2n) is 5.65. The summed E-state index contributed by atoms with van der Waals surface area (Å²) in [5.41, 5.74) is 1.42. The van der Waals surface area contributed by atoms with E-state index in [0.717, 1.165) is 23.4 Å². The number of aryl methyl sites for hydroxylation is 1. The third-order valence-electron chi connectivity index (χ3n) is 3.51. The molecule has 26 heavy (non-hydrogen) atoms. The maximum absolute atomic E-state index is 12.5. The van der Waals surface area contributed by atoms with Crippen molar-refractivity contribution < 1.29 is 26.7 Å². The van der Waals surface area contributed by atoms with Crippen molar-refractivity contribution >= 4 is 21.4 Å². The van der Waals surface area contributed by atoms with E-state index in [4.69, 9.17) is 4.74 Å². The van der Waals surface area contributed by atoms with E-state index in [-0.39, 0.29) is 12.3 Å². The summed E-state index contributed by atoms with van der Waals surface area (Å²) in [5.74, 6) is -3.01. The van der Waals surface area contributed by atoms with Gasteiger partial charge < -0.3 is 10.1 Å². The number of amides is 1. The van der Waals surface area contributed by atoms with Gasteiger partial charge in [-0.3, -0.25) is 4.79 Å². The molecule has 1 amide bonds. The summed E-state index contributed by atoms with van der Waals surface area (Å²) in [4.78, 5) is 11.4. The van der Waals surface area contributed by atoms with Gasteiger partial charge in [0, 0.05) is 12.1 Å². The van der Waals surface area contributed by atoms with Crippen molar-refractivity contribution in [2.45, 2.75) is 30.4 Å². The Morgan fingerprint density at radius 1 is 1.15 bits per heavy atom. The molecule has 0 fully saturated rings. The minimum atomic E-state index is -4.63. The van der Waals surface area contributed by atoms with E-state index in [1.807, 2.05) is 31.2 Å². The van der Waals surface area contributed by atoms with Crippen LogP contribution in [0.1, 0.15) is 18.4 Å². The van der Waals surface area contributed by atoms with Gasteiger partial charge in [0.25, 0.3) is 0 Å². The van der Waals surface area contributed by atoms with Gasteiger partial charge in [0.05, 0.1) is 11.5 Å². The van der Waals surface area contributed by atoms with Crippen LogP contribution in [0, 0.1) is 6.92 Å². The molecule has 0 aliphatic rings. The third-order valence-corrected chi connectivity index (χ3v) is 4.91. The van der Waals surface area contributed by atoms with Gasteiger partial charge in [-0.25, -0.2) is 8.42 Å². The number of hydrogen-bond donors (Lipinski definition) is 1. The van der Waals surface area contributed by atoms with Crippen LogP contribution in [-0.4, -0.2) is 26.7 Å². The molecule has 1 N–H and O–H groups in total. The van der Waals surface area contributed by atoms with E-state index in [1.54, 1.807) is 0 Å². The van der Waals surface area contributed by atoms with Crippen LogP contribution in [-0.2, 0) is 14.6 Å². The van der Waals surface area contributed by atoms with Crippen LogP contribution < -0.4 is 10.1 Å². The molecule has 2 aromatic rings. The van der Waals surface area contributed by atoms with Crippen molar-refractivity contribution in [1.29, 1.82) is 0 Å². The van der Waals surface area contributed by atoms with Crippen molar-refractivity contribution in [2.75, 3.05) is 11.9 Å². The van der Waals surface area contributed by atoms with Gasteiger partial charge in [-0.15, -0.1) is 0 Å². The van der Waals surface area contributed by atoms with Gasteiger partial charge in [-0.05, 0) is 55.3 Å². The Morgan fingerprint density at radius 2 is 1.85 bits per heavy atom. The van der Waals surface area contributed by atoms with E-state index in [2.05, 4.69) is 5.32 Å². The van der Waals surface area contributed by atoms with Crippen LogP contribution in [0.25, 0.3) is 0 Å². The van der Waals surface area contributed by atoms with Crippen molar-refractivity contribution in [1.82, 2.24) is 0 Å². The largest absolute Gasteiger partial charge is 0.494 e. The van der Waals surface area contributed by atoms with Crippen molar-refractivity contribution in [3.05, 3.63) is 54.1 Å². The van der Waals surface area contributed by atoms with Gasteiger partial charge in [0.15, 0.2) is 0 Å². The summed E-state index contributed by atoms with van der Waals surface area (Å²) in [6, 6.07) is 12.2. The first-order valence-corrected chi connectivity index (χ1v) is 9.45. The molecular weight excluding hydrogens is 364 g/mol. The normalized spacial score (nSPS) is 11.4. The molecule has 2 aromatic carbocycles. The van der Waals surface area contributed by atoms with E-state index in [1.165, 1.54) is 12.1 Å². The molecule has 0 aliphatic carbocycles. The lowest BCUT2D eigenvalue weighted by atomic mass is 10.2. The predicted molar refractivity (Wildman–Crippen MR) is 94.2 cm³/mol. The molecule has 0 heterocycles. The molecule has 0 radical (unpaired) electrons. The third kappa shape index (κ3) is 5.52. The highest BCUT2D eigenvalue weighted by atomic mass is 32.2. The Balaban J connectivity index is 1.79. The number of carbonyl (C=O) groups is 1. The zero-order valence-electron chi connectivity index (χ0n) is 14.1. The maximum Gasteiger partial charge on any atom is 0.341 e. The number of halogens is 2. The molecule has 0 bridgehead atoms. The highest BCUT2D eigenvalue weighted by Gasteiger charge is 2.26.